The maximum Gasteiger partial charge on any atom is 0.119 e. The lowest BCUT2D eigenvalue weighted by Crippen LogP contribution is -2.51. The molecule has 0 bridgehead atoms. The molecule has 4 unspecified atom stereocenters. The molecule has 1 aliphatic carbocycles. The van der Waals surface area contributed by atoms with E-state index in [9.17, 15) is 0 Å². The summed E-state index contributed by atoms with van der Waals surface area (Å²) in [6.07, 6.45) is 4.06. The van der Waals surface area contributed by atoms with Gasteiger partial charge in [-0.1, -0.05) is 24.6 Å². The third-order valence-electron chi connectivity index (χ3n) is 4.78. The molecule has 1 saturated carbocycles. The average Bonchev–Trinajstić information content (AvgIpc) is 3.03. The average molecular weight is 304 g/mol. The first-order valence-electron chi connectivity index (χ1n) is 8.59. The predicted octanol–water partition coefficient (Wildman–Crippen LogP) is 2.20. The van der Waals surface area contributed by atoms with Crippen molar-refractivity contribution in [3.05, 3.63) is 30.3 Å². The Morgan fingerprint density at radius 1 is 1.32 bits per heavy atom. The second-order valence-electron chi connectivity index (χ2n) is 6.49. The van der Waals surface area contributed by atoms with Crippen LogP contribution in [0.5, 0.6) is 5.75 Å². The van der Waals surface area contributed by atoms with E-state index in [4.69, 9.17) is 9.47 Å². The van der Waals surface area contributed by atoms with Crippen LogP contribution in [0.3, 0.4) is 0 Å². The van der Waals surface area contributed by atoms with Crippen LogP contribution in [0.25, 0.3) is 0 Å². The van der Waals surface area contributed by atoms with Crippen LogP contribution in [0.1, 0.15) is 26.2 Å². The highest BCUT2D eigenvalue weighted by molar-refractivity contribution is 5.21. The largest absolute Gasteiger partial charge is 0.489 e. The molecule has 0 aromatic heterocycles. The second-order valence-corrected chi connectivity index (χ2v) is 6.49. The van der Waals surface area contributed by atoms with Gasteiger partial charge in [-0.25, -0.2) is 0 Å². The molecule has 122 valence electrons. The summed E-state index contributed by atoms with van der Waals surface area (Å²) in [5.74, 6) is 1.63. The Hall–Kier alpha value is -1.10. The van der Waals surface area contributed by atoms with Gasteiger partial charge in [0.2, 0.25) is 0 Å². The Kier molecular flexibility index (Phi) is 5.70. The van der Waals surface area contributed by atoms with Crippen LogP contribution in [0, 0.1) is 5.92 Å². The Balaban J connectivity index is 1.45. The van der Waals surface area contributed by atoms with Crippen LogP contribution < -0.4 is 15.4 Å². The van der Waals surface area contributed by atoms with E-state index in [1.54, 1.807) is 0 Å². The van der Waals surface area contributed by atoms with Gasteiger partial charge in [-0.15, -0.1) is 0 Å². The molecule has 4 nitrogen and oxygen atoms in total. The van der Waals surface area contributed by atoms with Crippen molar-refractivity contribution in [2.24, 2.45) is 5.92 Å². The normalized spacial score (nSPS) is 30.1. The molecule has 1 saturated heterocycles. The van der Waals surface area contributed by atoms with E-state index in [1.165, 1.54) is 19.3 Å². The predicted molar refractivity (Wildman–Crippen MR) is 88.3 cm³/mol. The summed E-state index contributed by atoms with van der Waals surface area (Å²) in [6.45, 7) is 5.72. The summed E-state index contributed by atoms with van der Waals surface area (Å²) in [4.78, 5) is 0. The van der Waals surface area contributed by atoms with Gasteiger partial charge in [0.25, 0.3) is 0 Å². The van der Waals surface area contributed by atoms with E-state index < -0.39 is 0 Å². The van der Waals surface area contributed by atoms with E-state index in [2.05, 4.69) is 17.6 Å². The van der Waals surface area contributed by atoms with Crippen LogP contribution in [0.2, 0.25) is 0 Å². The SMILES string of the molecule is CC(CNC1CCCC1C1COCCN1)Oc1ccccc1. The highest BCUT2D eigenvalue weighted by Crippen LogP contribution is 2.29. The number of hydrogen-bond acceptors (Lipinski definition) is 4. The summed E-state index contributed by atoms with van der Waals surface area (Å²) in [5, 5.41) is 7.35. The quantitative estimate of drug-likeness (QED) is 0.845. The molecule has 2 N–H and O–H groups in total. The van der Waals surface area contributed by atoms with E-state index in [0.29, 0.717) is 18.0 Å². The minimum atomic E-state index is 0.180. The van der Waals surface area contributed by atoms with Crippen molar-refractivity contribution in [3.8, 4) is 5.75 Å². The lowest BCUT2D eigenvalue weighted by molar-refractivity contribution is 0.0518. The van der Waals surface area contributed by atoms with Crippen molar-refractivity contribution < 1.29 is 9.47 Å². The number of morpholine rings is 1. The maximum absolute atomic E-state index is 5.95. The number of hydrogen-bond donors (Lipinski definition) is 2. The molecule has 2 fully saturated rings. The topological polar surface area (TPSA) is 42.5 Å². The zero-order valence-electron chi connectivity index (χ0n) is 13.5. The fourth-order valence-corrected chi connectivity index (χ4v) is 3.67. The van der Waals surface area contributed by atoms with Crippen LogP contribution in [-0.2, 0) is 4.74 Å². The van der Waals surface area contributed by atoms with Gasteiger partial charge >= 0.3 is 0 Å². The first kappa shape index (κ1) is 15.8. The first-order valence-corrected chi connectivity index (χ1v) is 8.59. The highest BCUT2D eigenvalue weighted by atomic mass is 16.5. The van der Waals surface area contributed by atoms with Gasteiger partial charge < -0.3 is 20.1 Å². The molecule has 0 spiro atoms. The van der Waals surface area contributed by atoms with Crippen LogP contribution in [0.15, 0.2) is 30.3 Å². The zero-order valence-corrected chi connectivity index (χ0v) is 13.5. The third-order valence-corrected chi connectivity index (χ3v) is 4.78. The van der Waals surface area contributed by atoms with Gasteiger partial charge in [-0.2, -0.15) is 0 Å². The number of rotatable bonds is 6. The van der Waals surface area contributed by atoms with Gasteiger partial charge in [0, 0.05) is 25.2 Å². The monoisotopic (exact) mass is 304 g/mol. The Morgan fingerprint density at radius 3 is 2.95 bits per heavy atom. The number of ether oxygens (including phenoxy) is 2. The summed E-state index contributed by atoms with van der Waals surface area (Å²) in [7, 11) is 0. The summed E-state index contributed by atoms with van der Waals surface area (Å²) < 4.78 is 11.6. The maximum atomic E-state index is 5.95. The molecule has 2 aliphatic rings. The molecule has 1 aliphatic heterocycles. The molecule has 1 aromatic carbocycles. The zero-order chi connectivity index (χ0) is 15.2. The van der Waals surface area contributed by atoms with Crippen molar-refractivity contribution in [3.63, 3.8) is 0 Å². The molecule has 1 aromatic rings. The van der Waals surface area contributed by atoms with E-state index in [0.717, 1.165) is 32.1 Å². The Labute approximate surface area is 133 Å². The van der Waals surface area contributed by atoms with E-state index in [1.807, 2.05) is 30.3 Å². The minimum Gasteiger partial charge on any atom is -0.489 e. The standard InChI is InChI=1S/C18H28N2O2/c1-14(22-15-6-3-2-4-7-15)12-20-17-9-5-8-16(17)18-13-21-11-10-19-18/h2-4,6-7,14,16-20H,5,8-13H2,1H3. The van der Waals surface area contributed by atoms with Crippen LogP contribution in [0.4, 0.5) is 0 Å². The fourth-order valence-electron chi connectivity index (χ4n) is 3.67. The number of para-hydroxylation sites is 1. The smallest absolute Gasteiger partial charge is 0.119 e. The first-order chi connectivity index (χ1) is 10.8. The van der Waals surface area contributed by atoms with Crippen molar-refractivity contribution in [2.45, 2.75) is 44.4 Å². The number of benzene rings is 1. The van der Waals surface area contributed by atoms with Gasteiger partial charge in [-0.3, -0.25) is 0 Å². The highest BCUT2D eigenvalue weighted by Gasteiger charge is 2.34. The number of nitrogens with one attached hydrogen (secondary N) is 2. The van der Waals surface area contributed by atoms with Crippen LogP contribution in [-0.4, -0.2) is 44.5 Å². The van der Waals surface area contributed by atoms with Crippen molar-refractivity contribution in [2.75, 3.05) is 26.3 Å². The molecule has 4 atom stereocenters. The van der Waals surface area contributed by atoms with Crippen LogP contribution >= 0.6 is 0 Å². The Morgan fingerprint density at radius 2 is 2.18 bits per heavy atom. The lowest BCUT2D eigenvalue weighted by atomic mass is 9.94. The third kappa shape index (κ3) is 4.22. The molecular weight excluding hydrogens is 276 g/mol. The second kappa shape index (κ2) is 7.95. The van der Waals surface area contributed by atoms with Gasteiger partial charge in [0.05, 0.1) is 13.2 Å². The van der Waals surface area contributed by atoms with Gasteiger partial charge in [0.1, 0.15) is 11.9 Å². The summed E-state index contributed by atoms with van der Waals surface area (Å²) in [6, 6.07) is 11.2. The molecule has 0 amide bonds. The molecular formula is C18H28N2O2. The van der Waals surface area contributed by atoms with E-state index in [-0.39, 0.29) is 6.10 Å². The Bertz CT molecular complexity index is 434. The molecule has 4 heteroatoms. The van der Waals surface area contributed by atoms with Crippen molar-refractivity contribution in [1.29, 1.82) is 0 Å². The fraction of sp³-hybridized carbons (Fsp3) is 0.667. The van der Waals surface area contributed by atoms with Crippen molar-refractivity contribution in [1.82, 2.24) is 10.6 Å². The molecule has 22 heavy (non-hydrogen) atoms. The minimum absolute atomic E-state index is 0.180. The molecule has 3 rings (SSSR count). The molecule has 0 radical (unpaired) electrons. The van der Waals surface area contributed by atoms with E-state index >= 15 is 0 Å². The summed E-state index contributed by atoms with van der Waals surface area (Å²) >= 11 is 0. The summed E-state index contributed by atoms with van der Waals surface area (Å²) in [5.41, 5.74) is 0. The molecule has 1 heterocycles. The lowest BCUT2D eigenvalue weighted by Gasteiger charge is -2.33. The van der Waals surface area contributed by atoms with Crippen molar-refractivity contribution >= 4 is 0 Å². The van der Waals surface area contributed by atoms with Gasteiger partial charge in [0.15, 0.2) is 0 Å². The van der Waals surface area contributed by atoms with Gasteiger partial charge in [-0.05, 0) is 37.8 Å².